The first-order chi connectivity index (χ1) is 9.27. The van der Waals surface area contributed by atoms with E-state index in [2.05, 4.69) is 25.8 Å². The van der Waals surface area contributed by atoms with E-state index in [1.807, 2.05) is 44.2 Å². The van der Waals surface area contributed by atoms with Crippen molar-refractivity contribution >= 4 is 18.0 Å². The van der Waals surface area contributed by atoms with Crippen LogP contribution < -0.4 is 10.7 Å². The first kappa shape index (κ1) is 14.4. The highest BCUT2D eigenvalue weighted by molar-refractivity contribution is 5.99. The molecule has 0 unspecified atom stereocenters. The fourth-order valence-corrected chi connectivity index (χ4v) is 1.25. The molecule has 0 aliphatic rings. The minimum absolute atomic E-state index is 0.348. The van der Waals surface area contributed by atoms with E-state index in [0.29, 0.717) is 12.5 Å². The van der Waals surface area contributed by atoms with E-state index in [0.717, 1.165) is 11.3 Å². The van der Waals surface area contributed by atoms with E-state index >= 15 is 0 Å². The third kappa shape index (κ3) is 5.46. The number of aliphatic imine (C=N–C) groups is 2. The molecule has 2 N–H and O–H groups in total. The second-order valence-corrected chi connectivity index (χ2v) is 3.49. The Morgan fingerprint density at radius 1 is 1.37 bits per heavy atom. The lowest BCUT2D eigenvalue weighted by Gasteiger charge is -2.02. The summed E-state index contributed by atoms with van der Waals surface area (Å²) in [6.07, 6.45) is 3.00. The predicted octanol–water partition coefficient (Wildman–Crippen LogP) is 1.48. The molecule has 0 aliphatic heterocycles. The number of hydrogen-bond acceptors (Lipinski definition) is 3. The third-order valence-corrected chi connectivity index (χ3v) is 2.14. The molecule has 19 heavy (non-hydrogen) atoms. The maximum absolute atomic E-state index is 8.34. The number of hydrazone groups is 1. The number of hydrogen-bond donors (Lipinski definition) is 2. The fourth-order valence-electron chi connectivity index (χ4n) is 1.25. The van der Waals surface area contributed by atoms with Crippen molar-refractivity contribution < 1.29 is 0 Å². The minimum atomic E-state index is 0.348. The number of nitriles is 1. The van der Waals surface area contributed by atoms with Crippen LogP contribution in [0.4, 0.5) is 0 Å². The summed E-state index contributed by atoms with van der Waals surface area (Å²) in [4.78, 5) is 8.05. The first-order valence-corrected chi connectivity index (χ1v) is 5.85. The summed E-state index contributed by atoms with van der Waals surface area (Å²) < 4.78 is 0. The third-order valence-electron chi connectivity index (χ3n) is 2.14. The molecule has 0 saturated heterocycles. The van der Waals surface area contributed by atoms with Crippen LogP contribution in [-0.4, -0.2) is 24.6 Å². The zero-order chi connectivity index (χ0) is 13.9. The second-order valence-electron chi connectivity index (χ2n) is 3.49. The largest absolute Gasteiger partial charge is 0.283 e. The number of guanidine groups is 1. The van der Waals surface area contributed by atoms with Gasteiger partial charge in [0.05, 0.1) is 5.71 Å². The van der Waals surface area contributed by atoms with Gasteiger partial charge in [0.1, 0.15) is 6.34 Å². The van der Waals surface area contributed by atoms with Crippen LogP contribution in [0, 0.1) is 11.5 Å². The van der Waals surface area contributed by atoms with Crippen molar-refractivity contribution in [1.82, 2.24) is 10.7 Å². The fraction of sp³-hybridized carbons (Fsp3) is 0.231. The molecule has 0 radical (unpaired) electrons. The summed E-state index contributed by atoms with van der Waals surface area (Å²) in [6.45, 7) is 4.36. The van der Waals surface area contributed by atoms with Crippen molar-refractivity contribution in [2.24, 2.45) is 15.1 Å². The van der Waals surface area contributed by atoms with Gasteiger partial charge in [-0.25, -0.2) is 10.4 Å². The maximum atomic E-state index is 8.34. The highest BCUT2D eigenvalue weighted by atomic mass is 15.4. The number of nitrogens with one attached hydrogen (secondary N) is 2. The Morgan fingerprint density at radius 3 is 2.74 bits per heavy atom. The average molecular weight is 256 g/mol. The van der Waals surface area contributed by atoms with E-state index in [9.17, 15) is 0 Å². The van der Waals surface area contributed by atoms with Gasteiger partial charge in [0.15, 0.2) is 6.19 Å². The number of nitrogens with zero attached hydrogens (tertiary/aromatic N) is 4. The van der Waals surface area contributed by atoms with Gasteiger partial charge in [-0.05, 0) is 19.4 Å². The van der Waals surface area contributed by atoms with Gasteiger partial charge in [-0.15, -0.1) is 0 Å². The lowest BCUT2D eigenvalue weighted by atomic mass is 10.1. The van der Waals surface area contributed by atoms with Gasteiger partial charge in [0, 0.05) is 6.54 Å². The quantitative estimate of drug-likeness (QED) is 0.281. The Balaban J connectivity index is 2.71. The molecule has 0 aliphatic carbocycles. The summed E-state index contributed by atoms with van der Waals surface area (Å²) in [5.74, 6) is 0.348. The smallest absolute Gasteiger partial charge is 0.240 e. The molecule has 1 rings (SSSR count). The Labute approximate surface area is 112 Å². The highest BCUT2D eigenvalue weighted by Gasteiger charge is 1.97. The molecule has 0 amide bonds. The molecular formula is C13H16N6. The van der Waals surface area contributed by atoms with Crippen LogP contribution in [0.2, 0.25) is 0 Å². The molecule has 6 heteroatoms. The van der Waals surface area contributed by atoms with Crippen LogP contribution in [0.1, 0.15) is 19.4 Å². The van der Waals surface area contributed by atoms with E-state index in [-0.39, 0.29) is 0 Å². The summed E-state index contributed by atoms with van der Waals surface area (Å²) >= 11 is 0. The zero-order valence-electron chi connectivity index (χ0n) is 11.0. The molecule has 98 valence electrons. The lowest BCUT2D eigenvalue weighted by molar-refractivity contribution is 0.972. The van der Waals surface area contributed by atoms with Crippen LogP contribution in [0.5, 0.6) is 0 Å². The van der Waals surface area contributed by atoms with Crippen molar-refractivity contribution in [2.75, 3.05) is 6.54 Å². The van der Waals surface area contributed by atoms with Gasteiger partial charge in [-0.2, -0.15) is 10.4 Å². The van der Waals surface area contributed by atoms with Gasteiger partial charge in [-0.1, -0.05) is 30.3 Å². The van der Waals surface area contributed by atoms with Crippen molar-refractivity contribution in [1.29, 1.82) is 5.26 Å². The van der Waals surface area contributed by atoms with Gasteiger partial charge >= 0.3 is 0 Å². The topological polar surface area (TPSA) is 84.9 Å². The lowest BCUT2D eigenvalue weighted by Crippen LogP contribution is -2.19. The van der Waals surface area contributed by atoms with Crippen LogP contribution in [-0.2, 0) is 0 Å². The molecule has 0 aromatic heterocycles. The summed E-state index contributed by atoms with van der Waals surface area (Å²) in [5.41, 5.74) is 4.61. The molecular weight excluding hydrogens is 240 g/mol. The zero-order valence-corrected chi connectivity index (χ0v) is 11.0. The molecule has 0 atom stereocenters. The second kappa shape index (κ2) is 8.42. The number of rotatable bonds is 4. The Hall–Kier alpha value is -2.68. The molecule has 0 bridgehead atoms. The first-order valence-electron chi connectivity index (χ1n) is 5.85. The van der Waals surface area contributed by atoms with Crippen LogP contribution in [0.25, 0.3) is 0 Å². The molecule has 0 saturated carbocycles. The molecule has 1 aromatic rings. The average Bonchev–Trinajstić information content (AvgIpc) is 2.45. The molecule has 0 heterocycles. The van der Waals surface area contributed by atoms with Gasteiger partial charge in [-0.3, -0.25) is 10.3 Å². The van der Waals surface area contributed by atoms with Crippen molar-refractivity contribution in [3.8, 4) is 6.19 Å². The Kier molecular flexibility index (Phi) is 6.37. The van der Waals surface area contributed by atoms with E-state index in [1.54, 1.807) is 6.19 Å². The van der Waals surface area contributed by atoms with Crippen LogP contribution >= 0.6 is 0 Å². The predicted molar refractivity (Wildman–Crippen MR) is 77.0 cm³/mol. The standard InChI is InChI=1S/C13H16N6/c1-3-16-13(17-10-15-9-14)19-18-11(2)12-7-5-4-6-8-12/h4-8,10H,3H2,1-2H3,(H2,15,16,17,19)/b18-11+. The summed E-state index contributed by atoms with van der Waals surface area (Å²) in [5, 5.41) is 14.8. The van der Waals surface area contributed by atoms with Gasteiger partial charge in [0.2, 0.25) is 5.96 Å². The van der Waals surface area contributed by atoms with Crippen LogP contribution in [0.15, 0.2) is 45.4 Å². The van der Waals surface area contributed by atoms with Crippen molar-refractivity contribution in [3.63, 3.8) is 0 Å². The van der Waals surface area contributed by atoms with Crippen LogP contribution in [0.3, 0.4) is 0 Å². The summed E-state index contributed by atoms with van der Waals surface area (Å²) in [7, 11) is 0. The summed E-state index contributed by atoms with van der Waals surface area (Å²) in [6, 6.07) is 9.79. The number of benzene rings is 1. The van der Waals surface area contributed by atoms with Gasteiger partial charge in [0.25, 0.3) is 0 Å². The molecule has 6 nitrogen and oxygen atoms in total. The van der Waals surface area contributed by atoms with Crippen molar-refractivity contribution in [3.05, 3.63) is 35.9 Å². The highest BCUT2D eigenvalue weighted by Crippen LogP contribution is 1.99. The van der Waals surface area contributed by atoms with E-state index in [1.165, 1.54) is 6.34 Å². The Morgan fingerprint density at radius 2 is 2.11 bits per heavy atom. The Bertz CT molecular complexity index is 510. The minimum Gasteiger partial charge on any atom is -0.283 e. The van der Waals surface area contributed by atoms with E-state index < -0.39 is 0 Å². The molecule has 0 spiro atoms. The maximum Gasteiger partial charge on any atom is 0.240 e. The normalized spacial score (nSPS) is 12.3. The van der Waals surface area contributed by atoms with E-state index in [4.69, 9.17) is 5.26 Å². The van der Waals surface area contributed by atoms with Crippen molar-refractivity contribution in [2.45, 2.75) is 13.8 Å². The van der Waals surface area contributed by atoms with Gasteiger partial charge < -0.3 is 0 Å². The monoisotopic (exact) mass is 256 g/mol. The SMILES string of the molecule is CCN=C(N=CNC#N)N/N=C(\C)c1ccccc1. The molecule has 0 fully saturated rings. The molecule has 1 aromatic carbocycles.